The predicted molar refractivity (Wildman–Crippen MR) is 75.8 cm³/mol. The lowest BCUT2D eigenvalue weighted by atomic mass is 10.1. The normalized spacial score (nSPS) is 10.0. The van der Waals surface area contributed by atoms with Crippen molar-refractivity contribution in [1.82, 2.24) is 0 Å². The van der Waals surface area contributed by atoms with Gasteiger partial charge in [-0.1, -0.05) is 12.1 Å². The Hall–Kier alpha value is -2.89. The Morgan fingerprint density at radius 1 is 1.14 bits per heavy atom. The van der Waals surface area contributed by atoms with Crippen LogP contribution in [-0.4, -0.2) is 18.0 Å². The van der Waals surface area contributed by atoms with Gasteiger partial charge in [0.15, 0.2) is 0 Å². The van der Waals surface area contributed by atoms with Crippen molar-refractivity contribution in [2.45, 2.75) is 6.92 Å². The molecule has 0 heterocycles. The lowest BCUT2D eigenvalue weighted by molar-refractivity contribution is -0.385. The quantitative estimate of drug-likeness (QED) is 0.373. The number of rotatable bonds is 4. The molecular weight excluding hydrogens is 274 g/mol. The van der Waals surface area contributed by atoms with E-state index in [2.05, 4.69) is 0 Å². The first-order valence-corrected chi connectivity index (χ1v) is 6.13. The van der Waals surface area contributed by atoms with Crippen LogP contribution in [0.5, 0.6) is 11.5 Å². The number of benzene rings is 2. The number of carbonyl (C=O) groups excluding carboxylic acids is 1. The Labute approximate surface area is 121 Å². The van der Waals surface area contributed by atoms with Gasteiger partial charge < -0.3 is 9.47 Å². The van der Waals surface area contributed by atoms with Crippen LogP contribution in [0.15, 0.2) is 42.5 Å². The van der Waals surface area contributed by atoms with Gasteiger partial charge in [0.05, 0.1) is 17.6 Å². The van der Waals surface area contributed by atoms with Crippen molar-refractivity contribution in [3.63, 3.8) is 0 Å². The van der Waals surface area contributed by atoms with E-state index in [-0.39, 0.29) is 16.8 Å². The van der Waals surface area contributed by atoms with Gasteiger partial charge >= 0.3 is 5.97 Å². The van der Waals surface area contributed by atoms with Crippen molar-refractivity contribution in [2.75, 3.05) is 7.11 Å². The lowest BCUT2D eigenvalue weighted by Crippen LogP contribution is -2.11. The first kappa shape index (κ1) is 14.5. The molecular formula is C15H13NO5. The van der Waals surface area contributed by atoms with Gasteiger partial charge in [-0.3, -0.25) is 10.1 Å². The van der Waals surface area contributed by atoms with E-state index in [1.807, 2.05) is 0 Å². The monoisotopic (exact) mass is 287 g/mol. The molecule has 0 radical (unpaired) electrons. The summed E-state index contributed by atoms with van der Waals surface area (Å²) in [7, 11) is 1.51. The van der Waals surface area contributed by atoms with E-state index in [1.54, 1.807) is 24.3 Å². The predicted octanol–water partition coefficient (Wildman–Crippen LogP) is 3.13. The van der Waals surface area contributed by atoms with Crippen LogP contribution in [0.2, 0.25) is 0 Å². The number of nitro groups is 1. The fourth-order valence-electron chi connectivity index (χ4n) is 1.87. The Morgan fingerprint density at radius 2 is 1.81 bits per heavy atom. The molecule has 108 valence electrons. The molecule has 0 aliphatic rings. The minimum atomic E-state index is -0.649. The molecule has 0 aromatic heterocycles. The molecule has 2 rings (SSSR count). The lowest BCUT2D eigenvalue weighted by Gasteiger charge is -2.08. The van der Waals surface area contributed by atoms with E-state index < -0.39 is 10.9 Å². The maximum atomic E-state index is 12.1. The maximum absolute atomic E-state index is 12.1. The van der Waals surface area contributed by atoms with E-state index >= 15 is 0 Å². The number of ether oxygens (including phenoxy) is 2. The van der Waals surface area contributed by atoms with Crippen LogP contribution >= 0.6 is 0 Å². The molecule has 0 bridgehead atoms. The fourth-order valence-corrected chi connectivity index (χ4v) is 1.87. The zero-order chi connectivity index (χ0) is 15.4. The van der Waals surface area contributed by atoms with Gasteiger partial charge in [-0.2, -0.15) is 0 Å². The van der Waals surface area contributed by atoms with E-state index in [9.17, 15) is 14.9 Å². The first-order chi connectivity index (χ1) is 10.0. The minimum Gasteiger partial charge on any atom is -0.497 e. The number of hydrogen-bond acceptors (Lipinski definition) is 5. The van der Waals surface area contributed by atoms with Gasteiger partial charge in [-0.05, 0) is 25.1 Å². The molecule has 0 saturated heterocycles. The Kier molecular flexibility index (Phi) is 4.18. The summed E-state index contributed by atoms with van der Waals surface area (Å²) in [6.45, 7) is 1.51. The van der Waals surface area contributed by atoms with E-state index in [1.165, 1.54) is 32.2 Å². The SMILES string of the molecule is COc1cccc(OC(=O)c2cccc([N+](=O)[O-])c2C)c1. The summed E-state index contributed by atoms with van der Waals surface area (Å²) in [6, 6.07) is 10.9. The van der Waals surface area contributed by atoms with Gasteiger partial charge in [0.2, 0.25) is 0 Å². The average molecular weight is 287 g/mol. The van der Waals surface area contributed by atoms with Gasteiger partial charge in [0.25, 0.3) is 5.69 Å². The summed E-state index contributed by atoms with van der Waals surface area (Å²) in [6.07, 6.45) is 0. The second-order valence-corrected chi connectivity index (χ2v) is 4.28. The third-order valence-electron chi connectivity index (χ3n) is 2.97. The highest BCUT2D eigenvalue weighted by atomic mass is 16.6. The van der Waals surface area contributed by atoms with Crippen LogP contribution in [0.3, 0.4) is 0 Å². The molecule has 0 amide bonds. The number of methoxy groups -OCH3 is 1. The number of esters is 1. The molecule has 2 aromatic rings. The minimum absolute atomic E-state index is 0.116. The number of hydrogen-bond donors (Lipinski definition) is 0. The number of carbonyl (C=O) groups is 1. The summed E-state index contributed by atoms with van der Waals surface area (Å²) >= 11 is 0. The van der Waals surface area contributed by atoms with Crippen LogP contribution in [0.1, 0.15) is 15.9 Å². The van der Waals surface area contributed by atoms with Gasteiger partial charge in [0, 0.05) is 17.7 Å². The fraction of sp³-hybridized carbons (Fsp3) is 0.133. The Bertz CT molecular complexity index is 696. The molecule has 0 atom stereocenters. The summed E-state index contributed by atoms with van der Waals surface area (Å²) in [5.74, 6) is 0.214. The summed E-state index contributed by atoms with van der Waals surface area (Å²) < 4.78 is 10.3. The van der Waals surface area contributed by atoms with Crippen molar-refractivity contribution in [2.24, 2.45) is 0 Å². The topological polar surface area (TPSA) is 78.7 Å². The third-order valence-corrected chi connectivity index (χ3v) is 2.97. The van der Waals surface area contributed by atoms with E-state index in [0.717, 1.165) is 0 Å². The van der Waals surface area contributed by atoms with Crippen LogP contribution in [0, 0.1) is 17.0 Å². The van der Waals surface area contributed by atoms with E-state index in [4.69, 9.17) is 9.47 Å². The zero-order valence-corrected chi connectivity index (χ0v) is 11.5. The largest absolute Gasteiger partial charge is 0.497 e. The molecule has 6 nitrogen and oxygen atoms in total. The second-order valence-electron chi connectivity index (χ2n) is 4.28. The molecule has 2 aromatic carbocycles. The summed E-state index contributed by atoms with van der Waals surface area (Å²) in [5, 5.41) is 10.9. The third kappa shape index (κ3) is 3.17. The Balaban J connectivity index is 2.28. The Morgan fingerprint density at radius 3 is 2.48 bits per heavy atom. The number of nitrogens with zero attached hydrogens (tertiary/aromatic N) is 1. The molecule has 0 aliphatic carbocycles. The second kappa shape index (κ2) is 6.04. The van der Waals surface area contributed by atoms with Crippen LogP contribution < -0.4 is 9.47 Å². The van der Waals surface area contributed by atoms with Crippen LogP contribution in [0.4, 0.5) is 5.69 Å². The molecule has 0 spiro atoms. The zero-order valence-electron chi connectivity index (χ0n) is 11.5. The van der Waals surface area contributed by atoms with Gasteiger partial charge in [-0.15, -0.1) is 0 Å². The summed E-state index contributed by atoms with van der Waals surface area (Å²) in [4.78, 5) is 22.5. The van der Waals surface area contributed by atoms with E-state index in [0.29, 0.717) is 11.5 Å². The van der Waals surface area contributed by atoms with Crippen molar-refractivity contribution >= 4 is 11.7 Å². The van der Waals surface area contributed by atoms with Crippen molar-refractivity contribution in [3.05, 3.63) is 63.7 Å². The van der Waals surface area contributed by atoms with Gasteiger partial charge in [0.1, 0.15) is 11.5 Å². The molecule has 0 saturated carbocycles. The van der Waals surface area contributed by atoms with Crippen molar-refractivity contribution in [1.29, 1.82) is 0 Å². The van der Waals surface area contributed by atoms with Crippen molar-refractivity contribution in [3.8, 4) is 11.5 Å². The summed E-state index contributed by atoms with van der Waals surface area (Å²) in [5.41, 5.74) is 0.317. The highest BCUT2D eigenvalue weighted by Crippen LogP contribution is 2.24. The smallest absolute Gasteiger partial charge is 0.344 e. The molecule has 6 heteroatoms. The average Bonchev–Trinajstić information content (AvgIpc) is 2.47. The molecule has 0 aliphatic heterocycles. The highest BCUT2D eigenvalue weighted by molar-refractivity contribution is 5.93. The van der Waals surface area contributed by atoms with Crippen molar-refractivity contribution < 1.29 is 19.2 Å². The molecule has 0 unspecified atom stereocenters. The first-order valence-electron chi connectivity index (χ1n) is 6.13. The highest BCUT2D eigenvalue weighted by Gasteiger charge is 2.19. The van der Waals surface area contributed by atoms with Crippen LogP contribution in [-0.2, 0) is 0 Å². The maximum Gasteiger partial charge on any atom is 0.344 e. The molecule has 21 heavy (non-hydrogen) atoms. The van der Waals surface area contributed by atoms with Gasteiger partial charge in [-0.25, -0.2) is 4.79 Å². The molecule has 0 fully saturated rings. The standard InChI is InChI=1S/C15H13NO5/c1-10-13(7-4-8-14(10)16(18)19)15(17)21-12-6-3-5-11(9-12)20-2/h3-9H,1-2H3. The number of nitro benzene ring substituents is 1. The molecule has 0 N–H and O–H groups in total. The van der Waals surface area contributed by atoms with Crippen LogP contribution in [0.25, 0.3) is 0 Å².